The molecule has 1 heterocycles. The number of para-hydroxylation sites is 1. The van der Waals surface area contributed by atoms with E-state index in [1.165, 1.54) is 4.31 Å². The maximum absolute atomic E-state index is 13.4. The number of rotatable bonds is 6. The molecule has 1 aliphatic carbocycles. The predicted octanol–water partition coefficient (Wildman–Crippen LogP) is 3.42. The van der Waals surface area contributed by atoms with E-state index in [0.717, 1.165) is 11.1 Å². The minimum atomic E-state index is -3.81. The molecule has 2 aromatic carbocycles. The summed E-state index contributed by atoms with van der Waals surface area (Å²) in [4.78, 5) is 13.0. The van der Waals surface area contributed by atoms with E-state index in [4.69, 9.17) is 4.74 Å². The van der Waals surface area contributed by atoms with E-state index in [2.05, 4.69) is 11.9 Å². The number of fused-ring (bicyclic) bond motifs is 1. The number of carbonyl (C=O) groups is 1. The van der Waals surface area contributed by atoms with Crippen LogP contribution in [0.15, 0.2) is 55.1 Å². The number of nitrogens with one attached hydrogen (secondary N) is 1. The fourth-order valence-corrected chi connectivity index (χ4v) is 6.65. The van der Waals surface area contributed by atoms with Crippen molar-refractivity contribution in [2.75, 3.05) is 22.8 Å². The van der Waals surface area contributed by atoms with Crippen molar-refractivity contribution in [3.05, 3.63) is 66.2 Å². The van der Waals surface area contributed by atoms with Gasteiger partial charge in [0.1, 0.15) is 12.4 Å². The van der Waals surface area contributed by atoms with Crippen molar-refractivity contribution in [1.82, 2.24) is 0 Å². The Balaban J connectivity index is 1.56. The number of sulfonamides is 1. The minimum absolute atomic E-state index is 0.193. The first kappa shape index (κ1) is 19.5. The molecule has 2 fully saturated rings. The number of nitrogens with zero attached hydrogens (tertiary/aromatic N) is 1. The first-order chi connectivity index (χ1) is 13.8. The summed E-state index contributed by atoms with van der Waals surface area (Å²) in [6, 6.07) is 12.6. The summed E-state index contributed by atoms with van der Waals surface area (Å²) in [6.45, 7) is 8.12. The Morgan fingerprint density at radius 2 is 1.90 bits per heavy atom. The van der Waals surface area contributed by atoms with Crippen LogP contribution in [0.1, 0.15) is 17.5 Å². The molecule has 152 valence electrons. The monoisotopic (exact) mass is 412 g/mol. The lowest BCUT2D eigenvalue weighted by Gasteiger charge is -2.26. The van der Waals surface area contributed by atoms with E-state index in [1.807, 2.05) is 32.0 Å². The lowest BCUT2D eigenvalue weighted by atomic mass is 10.1. The second kappa shape index (κ2) is 6.91. The number of amides is 1. The Morgan fingerprint density at radius 3 is 2.52 bits per heavy atom. The molecule has 4 rings (SSSR count). The van der Waals surface area contributed by atoms with Crippen LogP contribution in [0.25, 0.3) is 0 Å². The summed E-state index contributed by atoms with van der Waals surface area (Å²) in [7, 11) is -3.81. The number of hydrogen-bond donors (Lipinski definition) is 1. The highest BCUT2D eigenvalue weighted by molar-refractivity contribution is 7.95. The van der Waals surface area contributed by atoms with Gasteiger partial charge in [0.2, 0.25) is 15.9 Å². The van der Waals surface area contributed by atoms with Gasteiger partial charge < -0.3 is 10.1 Å². The Bertz CT molecular complexity index is 1060. The van der Waals surface area contributed by atoms with Gasteiger partial charge in [-0.15, -0.1) is 0 Å². The normalized spacial score (nSPS) is 23.9. The molecule has 0 unspecified atom stereocenters. The summed E-state index contributed by atoms with van der Waals surface area (Å²) < 4.78 is 32.3. The number of hydrogen-bond acceptors (Lipinski definition) is 4. The molecular formula is C22H24N2O4S. The van der Waals surface area contributed by atoms with Crippen molar-refractivity contribution in [1.29, 1.82) is 0 Å². The maximum Gasteiger partial charge on any atom is 0.250 e. The standard InChI is InChI=1S/C22H24N2O4S/c1-4-12-28-19-10-8-18(9-11-19)23-21(25)22-13-17(22)14-24(29(22,26)27)20-15(2)6-5-7-16(20)3/h4-11,17H,1,12-14H2,2-3H3,(H,23,25)/t17-,22-/m0/s1. The summed E-state index contributed by atoms with van der Waals surface area (Å²) in [5.74, 6) is -0.00208. The summed E-state index contributed by atoms with van der Waals surface area (Å²) in [5, 5.41) is 2.79. The van der Waals surface area contributed by atoms with E-state index in [0.29, 0.717) is 36.7 Å². The van der Waals surface area contributed by atoms with Gasteiger partial charge in [0, 0.05) is 18.2 Å². The highest BCUT2D eigenvalue weighted by atomic mass is 32.2. The van der Waals surface area contributed by atoms with Crippen LogP contribution in [0.3, 0.4) is 0 Å². The Kier molecular flexibility index (Phi) is 4.65. The number of ether oxygens (including phenoxy) is 1. The molecule has 0 spiro atoms. The van der Waals surface area contributed by atoms with Crippen molar-refractivity contribution in [2.45, 2.75) is 25.0 Å². The van der Waals surface area contributed by atoms with Gasteiger partial charge in [-0.25, -0.2) is 8.42 Å². The van der Waals surface area contributed by atoms with Gasteiger partial charge in [-0.05, 0) is 55.7 Å². The van der Waals surface area contributed by atoms with Crippen molar-refractivity contribution in [3.63, 3.8) is 0 Å². The maximum atomic E-state index is 13.4. The second-order valence-corrected chi connectivity index (χ2v) is 9.76. The molecule has 0 bridgehead atoms. The molecule has 1 N–H and O–H groups in total. The first-order valence-electron chi connectivity index (χ1n) is 9.55. The van der Waals surface area contributed by atoms with Gasteiger partial charge in [-0.3, -0.25) is 9.10 Å². The average Bonchev–Trinajstić information content (AvgIpc) is 3.37. The third-order valence-corrected chi connectivity index (χ3v) is 8.26. The lowest BCUT2D eigenvalue weighted by molar-refractivity contribution is -0.116. The van der Waals surface area contributed by atoms with E-state index in [9.17, 15) is 13.2 Å². The van der Waals surface area contributed by atoms with E-state index in [1.54, 1.807) is 30.3 Å². The molecule has 2 aliphatic rings. The van der Waals surface area contributed by atoms with Crippen LogP contribution in [-0.4, -0.2) is 32.2 Å². The number of aryl methyl sites for hydroxylation is 2. The molecule has 6 nitrogen and oxygen atoms in total. The molecule has 29 heavy (non-hydrogen) atoms. The molecule has 7 heteroatoms. The molecule has 1 saturated carbocycles. The van der Waals surface area contributed by atoms with Crippen molar-refractivity contribution >= 4 is 27.3 Å². The minimum Gasteiger partial charge on any atom is -0.490 e. The fourth-order valence-electron chi connectivity index (χ4n) is 4.16. The topological polar surface area (TPSA) is 75.7 Å². The Labute approximate surface area is 171 Å². The average molecular weight is 413 g/mol. The van der Waals surface area contributed by atoms with Crippen molar-refractivity contribution in [3.8, 4) is 5.75 Å². The second-order valence-electron chi connectivity index (χ2n) is 7.65. The van der Waals surface area contributed by atoms with Gasteiger partial charge in [0.05, 0.1) is 5.69 Å². The van der Waals surface area contributed by atoms with Crippen LogP contribution < -0.4 is 14.4 Å². The van der Waals surface area contributed by atoms with Gasteiger partial charge in [0.25, 0.3) is 0 Å². The SMILES string of the molecule is C=CCOc1ccc(NC(=O)[C@]23C[C@H]2CN(c2c(C)cccc2C)S3(=O)=O)cc1. The highest BCUT2D eigenvalue weighted by Gasteiger charge is 2.75. The van der Waals surface area contributed by atoms with Crippen LogP contribution in [-0.2, 0) is 14.8 Å². The van der Waals surface area contributed by atoms with Gasteiger partial charge in [0.15, 0.2) is 4.75 Å². The Hall–Kier alpha value is -2.80. The van der Waals surface area contributed by atoms with Crippen LogP contribution >= 0.6 is 0 Å². The lowest BCUT2D eigenvalue weighted by Crippen LogP contribution is -2.42. The van der Waals surface area contributed by atoms with E-state index < -0.39 is 20.7 Å². The highest BCUT2D eigenvalue weighted by Crippen LogP contribution is 2.59. The molecule has 2 aromatic rings. The summed E-state index contributed by atoms with van der Waals surface area (Å²) >= 11 is 0. The van der Waals surface area contributed by atoms with E-state index in [-0.39, 0.29) is 5.92 Å². The van der Waals surface area contributed by atoms with Crippen LogP contribution in [0, 0.1) is 19.8 Å². The van der Waals surface area contributed by atoms with Crippen molar-refractivity contribution < 1.29 is 17.9 Å². The Morgan fingerprint density at radius 1 is 1.24 bits per heavy atom. The molecule has 2 atom stereocenters. The number of anilines is 2. The van der Waals surface area contributed by atoms with Gasteiger partial charge >= 0.3 is 0 Å². The number of benzene rings is 2. The van der Waals surface area contributed by atoms with Crippen LogP contribution in [0.2, 0.25) is 0 Å². The zero-order valence-electron chi connectivity index (χ0n) is 16.5. The zero-order chi connectivity index (χ0) is 20.8. The van der Waals surface area contributed by atoms with Crippen LogP contribution in [0.5, 0.6) is 5.75 Å². The zero-order valence-corrected chi connectivity index (χ0v) is 17.3. The quantitative estimate of drug-likeness (QED) is 0.738. The smallest absolute Gasteiger partial charge is 0.250 e. The fraction of sp³-hybridized carbons (Fsp3) is 0.318. The molecular weight excluding hydrogens is 388 g/mol. The summed E-state index contributed by atoms with van der Waals surface area (Å²) in [5.41, 5.74) is 3.01. The van der Waals surface area contributed by atoms with Crippen molar-refractivity contribution in [2.24, 2.45) is 5.92 Å². The third-order valence-electron chi connectivity index (χ3n) is 5.74. The molecule has 0 radical (unpaired) electrons. The van der Waals surface area contributed by atoms with Crippen LogP contribution in [0.4, 0.5) is 11.4 Å². The largest absolute Gasteiger partial charge is 0.490 e. The molecule has 1 aliphatic heterocycles. The van der Waals surface area contributed by atoms with Gasteiger partial charge in [-0.1, -0.05) is 30.9 Å². The predicted molar refractivity (Wildman–Crippen MR) is 114 cm³/mol. The first-order valence-corrected chi connectivity index (χ1v) is 11.0. The third kappa shape index (κ3) is 3.00. The van der Waals surface area contributed by atoms with E-state index >= 15 is 0 Å². The molecule has 0 aromatic heterocycles. The number of carbonyl (C=O) groups excluding carboxylic acids is 1. The summed E-state index contributed by atoms with van der Waals surface area (Å²) in [6.07, 6.45) is 2.01. The molecule has 1 amide bonds. The molecule has 1 saturated heterocycles. The van der Waals surface area contributed by atoms with Gasteiger partial charge in [-0.2, -0.15) is 0 Å².